The number of carbonyl (C=O) groups excluding carboxylic acids is 1. The number of nitrogens with one attached hydrogen (secondary N) is 1. The third kappa shape index (κ3) is 3.68. The van der Waals surface area contributed by atoms with Gasteiger partial charge in [-0.2, -0.15) is 5.26 Å². The Labute approximate surface area is 113 Å². The summed E-state index contributed by atoms with van der Waals surface area (Å²) in [5, 5.41) is 11.6. The first kappa shape index (κ1) is 13.3. The number of piperidine rings is 1. The molecule has 0 aliphatic carbocycles. The molecule has 1 unspecified atom stereocenters. The van der Waals surface area contributed by atoms with E-state index in [0.717, 1.165) is 38.3 Å². The number of nitriles is 1. The van der Waals surface area contributed by atoms with Crippen molar-refractivity contribution in [3.8, 4) is 6.07 Å². The summed E-state index contributed by atoms with van der Waals surface area (Å²) in [6.07, 6.45) is 3.84. The summed E-state index contributed by atoms with van der Waals surface area (Å²) in [4.78, 5) is 17.5. The topological polar surface area (TPSA) is 69.0 Å². The van der Waals surface area contributed by atoms with Gasteiger partial charge in [-0.05, 0) is 30.9 Å². The minimum atomic E-state index is 0.0219. The molecule has 0 spiro atoms. The molecule has 19 heavy (non-hydrogen) atoms. The van der Waals surface area contributed by atoms with Crippen LogP contribution >= 0.6 is 0 Å². The van der Waals surface area contributed by atoms with Crippen molar-refractivity contribution in [3.63, 3.8) is 0 Å². The number of pyridine rings is 1. The molecule has 1 aromatic rings. The Bertz CT molecular complexity index is 477. The molecule has 0 bridgehead atoms. The Balaban J connectivity index is 1.96. The average molecular weight is 258 g/mol. The van der Waals surface area contributed by atoms with Crippen molar-refractivity contribution >= 4 is 11.7 Å². The summed E-state index contributed by atoms with van der Waals surface area (Å²) in [6, 6.07) is 5.75. The van der Waals surface area contributed by atoms with Crippen LogP contribution in [-0.2, 0) is 4.79 Å². The second kappa shape index (κ2) is 6.19. The summed E-state index contributed by atoms with van der Waals surface area (Å²) in [5.41, 5.74) is 0.579. The van der Waals surface area contributed by atoms with E-state index in [0.29, 0.717) is 11.5 Å². The van der Waals surface area contributed by atoms with E-state index in [-0.39, 0.29) is 5.91 Å². The monoisotopic (exact) mass is 258 g/mol. The summed E-state index contributed by atoms with van der Waals surface area (Å²) in [5.74, 6) is 1.40. The molecule has 0 saturated carbocycles. The van der Waals surface area contributed by atoms with Crippen molar-refractivity contribution in [2.24, 2.45) is 5.92 Å². The number of hydrogen-bond donors (Lipinski definition) is 1. The average Bonchev–Trinajstić information content (AvgIpc) is 2.45. The van der Waals surface area contributed by atoms with Crippen molar-refractivity contribution in [1.82, 2.24) is 10.3 Å². The molecule has 2 rings (SSSR count). The van der Waals surface area contributed by atoms with Gasteiger partial charge < -0.3 is 10.2 Å². The number of rotatable bonds is 3. The van der Waals surface area contributed by atoms with Crippen LogP contribution in [0.5, 0.6) is 0 Å². The highest BCUT2D eigenvalue weighted by atomic mass is 16.1. The van der Waals surface area contributed by atoms with Gasteiger partial charge in [0.05, 0.1) is 5.56 Å². The van der Waals surface area contributed by atoms with Gasteiger partial charge in [-0.1, -0.05) is 0 Å². The molecule has 1 amide bonds. The first-order chi connectivity index (χ1) is 9.19. The number of aromatic nitrogens is 1. The molecule has 0 aromatic carbocycles. The molecule has 1 aromatic heterocycles. The number of amides is 1. The highest BCUT2D eigenvalue weighted by molar-refractivity contribution is 5.72. The van der Waals surface area contributed by atoms with E-state index in [1.807, 2.05) is 6.07 Å². The van der Waals surface area contributed by atoms with E-state index in [1.54, 1.807) is 19.2 Å². The molecule has 5 nitrogen and oxygen atoms in total. The van der Waals surface area contributed by atoms with Gasteiger partial charge in [-0.3, -0.25) is 4.79 Å². The van der Waals surface area contributed by atoms with Gasteiger partial charge in [-0.15, -0.1) is 0 Å². The third-order valence-corrected chi connectivity index (χ3v) is 3.36. The standard InChI is InChI=1S/C14H18N4O/c1-11(19)16-9-13-3-2-6-18(10-13)14-5-4-12(7-15)8-17-14/h4-5,8,13H,2-3,6,9-10H2,1H3,(H,16,19). The van der Waals surface area contributed by atoms with Crippen LogP contribution in [0, 0.1) is 17.2 Å². The van der Waals surface area contributed by atoms with E-state index in [4.69, 9.17) is 5.26 Å². The second-order valence-corrected chi connectivity index (χ2v) is 4.91. The Morgan fingerprint density at radius 1 is 1.63 bits per heavy atom. The van der Waals surface area contributed by atoms with Gasteiger partial charge in [0, 0.05) is 32.8 Å². The maximum Gasteiger partial charge on any atom is 0.216 e. The van der Waals surface area contributed by atoms with Gasteiger partial charge in [0.1, 0.15) is 11.9 Å². The molecule has 1 saturated heterocycles. The Morgan fingerprint density at radius 2 is 2.47 bits per heavy atom. The lowest BCUT2D eigenvalue weighted by molar-refractivity contribution is -0.119. The Morgan fingerprint density at radius 3 is 3.11 bits per heavy atom. The first-order valence-electron chi connectivity index (χ1n) is 6.54. The maximum atomic E-state index is 10.9. The molecule has 100 valence electrons. The van der Waals surface area contributed by atoms with Crippen molar-refractivity contribution in [2.45, 2.75) is 19.8 Å². The normalized spacial score (nSPS) is 18.7. The smallest absolute Gasteiger partial charge is 0.216 e. The van der Waals surface area contributed by atoms with Gasteiger partial charge in [-0.25, -0.2) is 4.98 Å². The largest absolute Gasteiger partial charge is 0.356 e. The Hall–Kier alpha value is -2.09. The lowest BCUT2D eigenvalue weighted by Gasteiger charge is -2.33. The minimum absolute atomic E-state index is 0.0219. The lowest BCUT2D eigenvalue weighted by Crippen LogP contribution is -2.40. The maximum absolute atomic E-state index is 10.9. The van der Waals surface area contributed by atoms with E-state index >= 15 is 0 Å². The van der Waals surface area contributed by atoms with Crippen LogP contribution < -0.4 is 10.2 Å². The molecule has 1 N–H and O–H groups in total. The molecular weight excluding hydrogens is 240 g/mol. The van der Waals surface area contributed by atoms with Crippen molar-refractivity contribution in [3.05, 3.63) is 23.9 Å². The van der Waals surface area contributed by atoms with Crippen LogP contribution in [0.25, 0.3) is 0 Å². The zero-order valence-corrected chi connectivity index (χ0v) is 11.1. The van der Waals surface area contributed by atoms with Crippen LogP contribution in [0.3, 0.4) is 0 Å². The van der Waals surface area contributed by atoms with Gasteiger partial charge >= 0.3 is 0 Å². The summed E-state index contributed by atoms with van der Waals surface area (Å²) < 4.78 is 0. The molecule has 2 heterocycles. The number of anilines is 1. The predicted octanol–water partition coefficient (Wildman–Crippen LogP) is 1.31. The Kier molecular flexibility index (Phi) is 4.35. The van der Waals surface area contributed by atoms with Crippen molar-refractivity contribution < 1.29 is 4.79 Å². The number of carbonyl (C=O) groups is 1. The number of nitrogens with zero attached hydrogens (tertiary/aromatic N) is 3. The molecule has 0 radical (unpaired) electrons. The molecule has 1 fully saturated rings. The first-order valence-corrected chi connectivity index (χ1v) is 6.54. The van der Waals surface area contributed by atoms with Crippen LogP contribution in [0.1, 0.15) is 25.3 Å². The van der Waals surface area contributed by atoms with E-state index in [1.165, 1.54) is 0 Å². The number of hydrogen-bond acceptors (Lipinski definition) is 4. The SMILES string of the molecule is CC(=O)NCC1CCCN(c2ccc(C#N)cn2)C1. The molecular formula is C14H18N4O. The van der Waals surface area contributed by atoms with E-state index in [2.05, 4.69) is 21.3 Å². The van der Waals surface area contributed by atoms with Crippen molar-refractivity contribution in [1.29, 1.82) is 5.26 Å². The third-order valence-electron chi connectivity index (χ3n) is 3.36. The summed E-state index contributed by atoms with van der Waals surface area (Å²) >= 11 is 0. The molecule has 1 atom stereocenters. The fourth-order valence-corrected chi connectivity index (χ4v) is 2.37. The fourth-order valence-electron chi connectivity index (χ4n) is 2.37. The van der Waals surface area contributed by atoms with E-state index < -0.39 is 0 Å². The highest BCUT2D eigenvalue weighted by Gasteiger charge is 2.20. The van der Waals surface area contributed by atoms with Gasteiger partial charge in [0.2, 0.25) is 5.91 Å². The predicted molar refractivity (Wildman–Crippen MR) is 72.6 cm³/mol. The zero-order valence-electron chi connectivity index (χ0n) is 11.1. The van der Waals surface area contributed by atoms with Crippen LogP contribution in [-0.4, -0.2) is 30.5 Å². The summed E-state index contributed by atoms with van der Waals surface area (Å²) in [6.45, 7) is 4.15. The van der Waals surface area contributed by atoms with Crippen molar-refractivity contribution in [2.75, 3.05) is 24.5 Å². The fraction of sp³-hybridized carbons (Fsp3) is 0.500. The lowest BCUT2D eigenvalue weighted by atomic mass is 9.98. The molecule has 1 aliphatic rings. The quantitative estimate of drug-likeness (QED) is 0.887. The zero-order chi connectivity index (χ0) is 13.7. The van der Waals surface area contributed by atoms with Gasteiger partial charge in [0.15, 0.2) is 0 Å². The van der Waals surface area contributed by atoms with Crippen LogP contribution in [0.15, 0.2) is 18.3 Å². The highest BCUT2D eigenvalue weighted by Crippen LogP contribution is 2.21. The van der Waals surface area contributed by atoms with Gasteiger partial charge in [0.25, 0.3) is 0 Å². The molecule has 5 heteroatoms. The minimum Gasteiger partial charge on any atom is -0.356 e. The summed E-state index contributed by atoms with van der Waals surface area (Å²) in [7, 11) is 0. The second-order valence-electron chi connectivity index (χ2n) is 4.91. The molecule has 1 aliphatic heterocycles. The van der Waals surface area contributed by atoms with Crippen LogP contribution in [0.4, 0.5) is 5.82 Å². The van der Waals surface area contributed by atoms with Crippen LogP contribution in [0.2, 0.25) is 0 Å². The van der Waals surface area contributed by atoms with E-state index in [9.17, 15) is 4.79 Å².